The van der Waals surface area contributed by atoms with E-state index in [0.717, 1.165) is 24.6 Å². The summed E-state index contributed by atoms with van der Waals surface area (Å²) in [6.07, 6.45) is 10.0. The van der Waals surface area contributed by atoms with E-state index >= 15 is 0 Å². The van der Waals surface area contributed by atoms with Gasteiger partial charge in [0.1, 0.15) is 18.2 Å². The molecule has 3 heterocycles. The van der Waals surface area contributed by atoms with Crippen molar-refractivity contribution in [3.63, 3.8) is 0 Å². The molecule has 2 aromatic carbocycles. The van der Waals surface area contributed by atoms with Crippen molar-refractivity contribution in [2.45, 2.75) is 69.4 Å². The van der Waals surface area contributed by atoms with E-state index in [4.69, 9.17) is 9.47 Å². The van der Waals surface area contributed by atoms with Crippen LogP contribution in [0.2, 0.25) is 0 Å². The van der Waals surface area contributed by atoms with Crippen LogP contribution in [0, 0.1) is 5.92 Å². The van der Waals surface area contributed by atoms with Crippen LogP contribution < -0.4 is 5.32 Å². The van der Waals surface area contributed by atoms with Gasteiger partial charge in [0, 0.05) is 12.7 Å². The molecule has 0 radical (unpaired) electrons. The van der Waals surface area contributed by atoms with Gasteiger partial charge in [-0.3, -0.25) is 0 Å². The Hall–Kier alpha value is -2.54. The van der Waals surface area contributed by atoms with E-state index in [0.29, 0.717) is 13.2 Å². The van der Waals surface area contributed by atoms with Crippen LogP contribution in [0.4, 0.5) is 0 Å². The molecule has 0 spiro atoms. The number of nitrogens with one attached hydrogen (secondary N) is 1. The fourth-order valence-electron chi connectivity index (χ4n) is 5.83. The highest BCUT2D eigenvalue weighted by atomic mass is 16.6. The Bertz CT molecular complexity index is 1060. The summed E-state index contributed by atoms with van der Waals surface area (Å²) in [5.41, 5.74) is 4.86. The summed E-state index contributed by atoms with van der Waals surface area (Å²) in [6.45, 7) is 2.10. The lowest BCUT2D eigenvalue weighted by Crippen LogP contribution is -2.40. The molecule has 1 aromatic heterocycles. The third kappa shape index (κ3) is 4.67. The number of ether oxygens (including phenoxy) is 2. The second kappa shape index (κ2) is 9.98. The van der Waals surface area contributed by atoms with Gasteiger partial charge in [-0.25, -0.2) is 4.68 Å². The van der Waals surface area contributed by atoms with Crippen molar-refractivity contribution in [2.24, 2.45) is 5.92 Å². The molecule has 6 heteroatoms. The van der Waals surface area contributed by atoms with Crippen molar-refractivity contribution in [3.8, 4) is 11.1 Å². The SMILES string of the molecule is c1ccc(-c2ccc(CN[C@@H]3CO[C@@H]4[C@@H]3OC[C@@H]4n3cc(CC4CCCCC4)nn3)cc2)cc1. The summed E-state index contributed by atoms with van der Waals surface area (Å²) >= 11 is 0. The smallest absolute Gasteiger partial charge is 0.110 e. The monoisotopic (exact) mass is 458 g/mol. The number of rotatable bonds is 7. The van der Waals surface area contributed by atoms with Crippen LogP contribution in [-0.4, -0.2) is 46.5 Å². The number of nitrogens with zero attached hydrogens (tertiary/aromatic N) is 3. The van der Waals surface area contributed by atoms with Gasteiger partial charge in [-0.1, -0.05) is 91.9 Å². The zero-order chi connectivity index (χ0) is 22.7. The first-order valence-corrected chi connectivity index (χ1v) is 12.9. The van der Waals surface area contributed by atoms with Crippen LogP contribution in [0.15, 0.2) is 60.8 Å². The maximum Gasteiger partial charge on any atom is 0.110 e. The Morgan fingerprint density at radius 1 is 0.853 bits per heavy atom. The predicted molar refractivity (Wildman–Crippen MR) is 131 cm³/mol. The van der Waals surface area contributed by atoms with Crippen molar-refractivity contribution >= 4 is 0 Å². The third-order valence-electron chi connectivity index (χ3n) is 7.78. The molecule has 2 saturated heterocycles. The molecule has 0 unspecified atom stereocenters. The molecule has 4 atom stereocenters. The van der Waals surface area contributed by atoms with Gasteiger partial charge in [-0.15, -0.1) is 5.10 Å². The minimum Gasteiger partial charge on any atom is -0.371 e. The van der Waals surface area contributed by atoms with Gasteiger partial charge in [0.25, 0.3) is 0 Å². The Balaban J connectivity index is 1.03. The van der Waals surface area contributed by atoms with Gasteiger partial charge in [0.05, 0.1) is 24.9 Å². The Labute approximate surface area is 201 Å². The molecular weight excluding hydrogens is 424 g/mol. The van der Waals surface area contributed by atoms with Gasteiger partial charge >= 0.3 is 0 Å². The number of hydrogen-bond donors (Lipinski definition) is 1. The zero-order valence-corrected chi connectivity index (χ0v) is 19.7. The van der Waals surface area contributed by atoms with Crippen LogP contribution in [0.25, 0.3) is 11.1 Å². The van der Waals surface area contributed by atoms with E-state index in [9.17, 15) is 0 Å². The van der Waals surface area contributed by atoms with Gasteiger partial charge in [-0.2, -0.15) is 0 Å². The summed E-state index contributed by atoms with van der Waals surface area (Å²) in [4.78, 5) is 0. The molecule has 1 aliphatic carbocycles. The Kier molecular flexibility index (Phi) is 6.45. The standard InChI is InChI=1S/C28H34N4O2/c1-3-7-20(8-4-1)15-24-17-32(31-30-24)26-19-34-27-25(18-33-28(26)27)29-16-21-11-13-23(14-12-21)22-9-5-2-6-10-22/h2,5-6,9-14,17,20,25-29H,1,3-4,7-8,15-16,18-19H2/t25-,26+,27-,28+/m1/s1. The highest BCUT2D eigenvalue weighted by molar-refractivity contribution is 5.63. The number of benzene rings is 2. The maximum atomic E-state index is 6.21. The molecule has 6 nitrogen and oxygen atoms in total. The van der Waals surface area contributed by atoms with Gasteiger partial charge < -0.3 is 14.8 Å². The summed E-state index contributed by atoms with van der Waals surface area (Å²) in [7, 11) is 0. The largest absolute Gasteiger partial charge is 0.371 e. The summed E-state index contributed by atoms with van der Waals surface area (Å²) in [6, 6.07) is 19.6. The molecule has 3 fully saturated rings. The molecule has 1 N–H and O–H groups in total. The van der Waals surface area contributed by atoms with Crippen molar-refractivity contribution in [3.05, 3.63) is 72.1 Å². The van der Waals surface area contributed by atoms with Crippen LogP contribution >= 0.6 is 0 Å². The highest BCUT2D eigenvalue weighted by Gasteiger charge is 2.48. The molecule has 3 aliphatic rings. The summed E-state index contributed by atoms with van der Waals surface area (Å²) in [5.74, 6) is 0.768. The molecule has 6 rings (SSSR count). The van der Waals surface area contributed by atoms with Crippen molar-refractivity contribution in [2.75, 3.05) is 13.2 Å². The van der Waals surface area contributed by atoms with Gasteiger partial charge in [0.15, 0.2) is 0 Å². The minimum atomic E-state index is 0.0298. The predicted octanol–water partition coefficient (Wildman–Crippen LogP) is 4.57. The van der Waals surface area contributed by atoms with E-state index in [1.54, 1.807) is 0 Å². The van der Waals surface area contributed by atoms with Crippen molar-refractivity contribution in [1.29, 1.82) is 0 Å². The molecule has 2 aliphatic heterocycles. The average Bonchev–Trinajstić information content (AvgIpc) is 3.62. The van der Waals surface area contributed by atoms with Crippen molar-refractivity contribution < 1.29 is 9.47 Å². The van der Waals surface area contributed by atoms with E-state index in [2.05, 4.69) is 70.4 Å². The minimum absolute atomic E-state index is 0.0298. The first kappa shape index (κ1) is 22.0. The quantitative estimate of drug-likeness (QED) is 0.562. The average molecular weight is 459 g/mol. The lowest BCUT2D eigenvalue weighted by atomic mass is 9.86. The topological polar surface area (TPSA) is 61.2 Å². The van der Waals surface area contributed by atoms with E-state index < -0.39 is 0 Å². The maximum absolute atomic E-state index is 6.21. The normalized spacial score (nSPS) is 27.2. The number of fused-ring (bicyclic) bond motifs is 1. The van der Waals surface area contributed by atoms with E-state index in [-0.39, 0.29) is 24.3 Å². The molecular formula is C28H34N4O2. The van der Waals surface area contributed by atoms with E-state index in [1.807, 2.05) is 10.7 Å². The zero-order valence-electron chi connectivity index (χ0n) is 19.7. The molecule has 3 aromatic rings. The van der Waals surface area contributed by atoms with Crippen LogP contribution in [0.5, 0.6) is 0 Å². The van der Waals surface area contributed by atoms with Gasteiger partial charge in [-0.05, 0) is 29.0 Å². The van der Waals surface area contributed by atoms with Crippen LogP contribution in [-0.2, 0) is 22.4 Å². The van der Waals surface area contributed by atoms with Crippen LogP contribution in [0.1, 0.15) is 49.4 Å². The van der Waals surface area contributed by atoms with Gasteiger partial charge in [0.2, 0.25) is 0 Å². The third-order valence-corrected chi connectivity index (χ3v) is 7.78. The van der Waals surface area contributed by atoms with E-state index in [1.165, 1.54) is 48.8 Å². The first-order valence-electron chi connectivity index (χ1n) is 12.9. The lowest BCUT2D eigenvalue weighted by molar-refractivity contribution is 0.0619. The molecule has 1 saturated carbocycles. The molecule has 0 amide bonds. The second-order valence-corrected chi connectivity index (χ2v) is 10.1. The van der Waals surface area contributed by atoms with Crippen LogP contribution in [0.3, 0.4) is 0 Å². The Morgan fingerprint density at radius 2 is 1.62 bits per heavy atom. The fraction of sp³-hybridized carbons (Fsp3) is 0.500. The number of aromatic nitrogens is 3. The highest BCUT2D eigenvalue weighted by Crippen LogP contribution is 2.34. The summed E-state index contributed by atoms with van der Waals surface area (Å²) in [5, 5.41) is 12.6. The fourth-order valence-corrected chi connectivity index (χ4v) is 5.83. The number of hydrogen-bond acceptors (Lipinski definition) is 5. The first-order chi connectivity index (χ1) is 16.8. The Morgan fingerprint density at radius 3 is 2.44 bits per heavy atom. The lowest BCUT2D eigenvalue weighted by Gasteiger charge is -2.20. The molecule has 178 valence electrons. The summed E-state index contributed by atoms with van der Waals surface area (Å²) < 4.78 is 14.4. The second-order valence-electron chi connectivity index (χ2n) is 10.1. The molecule has 34 heavy (non-hydrogen) atoms. The molecule has 0 bridgehead atoms. The van der Waals surface area contributed by atoms with Crippen molar-refractivity contribution in [1.82, 2.24) is 20.3 Å².